The van der Waals surface area contributed by atoms with Crippen molar-refractivity contribution in [1.29, 1.82) is 0 Å². The van der Waals surface area contributed by atoms with Crippen molar-refractivity contribution < 1.29 is 27.9 Å². The van der Waals surface area contributed by atoms with E-state index in [1.165, 1.54) is 6.92 Å². The Balaban J connectivity index is 3.94. The molecule has 0 spiro atoms. The molecule has 0 bridgehead atoms. The van der Waals surface area contributed by atoms with Gasteiger partial charge in [-0.2, -0.15) is 13.2 Å². The molecular formula is C8H14F3N3O3. The van der Waals surface area contributed by atoms with Crippen LogP contribution in [-0.2, 0) is 9.59 Å². The molecular weight excluding hydrogens is 243 g/mol. The number of hydrogen-bond donors (Lipinski definition) is 4. The van der Waals surface area contributed by atoms with Gasteiger partial charge >= 0.3 is 6.18 Å². The normalized spacial score (nSPS) is 15.1. The van der Waals surface area contributed by atoms with Gasteiger partial charge in [-0.15, -0.1) is 0 Å². The molecule has 0 aliphatic carbocycles. The Bertz CT molecular complexity index is 283. The molecule has 0 saturated heterocycles. The molecule has 17 heavy (non-hydrogen) atoms. The lowest BCUT2D eigenvalue weighted by Gasteiger charge is -2.16. The van der Waals surface area contributed by atoms with Gasteiger partial charge in [-0.1, -0.05) is 0 Å². The molecule has 100 valence electrons. The highest BCUT2D eigenvalue weighted by Gasteiger charge is 2.28. The minimum atomic E-state index is -4.48. The molecule has 0 radical (unpaired) electrons. The quantitative estimate of drug-likeness (QED) is 0.464. The SMILES string of the molecule is CC(NCC(O)C(N)=O)C(=O)NCC(F)(F)F. The van der Waals surface area contributed by atoms with Crippen LogP contribution in [0.2, 0.25) is 0 Å². The maximum Gasteiger partial charge on any atom is 0.405 e. The van der Waals surface area contributed by atoms with Gasteiger partial charge in [-0.05, 0) is 6.92 Å². The Morgan fingerprint density at radius 3 is 2.35 bits per heavy atom. The number of hydrogen-bond acceptors (Lipinski definition) is 4. The highest BCUT2D eigenvalue weighted by atomic mass is 19.4. The molecule has 0 aliphatic heterocycles. The molecule has 6 nitrogen and oxygen atoms in total. The summed E-state index contributed by atoms with van der Waals surface area (Å²) >= 11 is 0. The monoisotopic (exact) mass is 257 g/mol. The largest absolute Gasteiger partial charge is 0.405 e. The van der Waals surface area contributed by atoms with Crippen LogP contribution in [0, 0.1) is 0 Å². The lowest BCUT2D eigenvalue weighted by atomic mass is 10.2. The third-order valence-electron chi connectivity index (χ3n) is 1.80. The van der Waals surface area contributed by atoms with Crippen molar-refractivity contribution >= 4 is 11.8 Å². The zero-order valence-electron chi connectivity index (χ0n) is 9.04. The molecule has 0 rings (SSSR count). The van der Waals surface area contributed by atoms with Gasteiger partial charge in [0, 0.05) is 6.54 Å². The summed E-state index contributed by atoms with van der Waals surface area (Å²) in [7, 11) is 0. The van der Waals surface area contributed by atoms with E-state index in [4.69, 9.17) is 10.8 Å². The van der Waals surface area contributed by atoms with Crippen LogP contribution >= 0.6 is 0 Å². The molecule has 2 unspecified atom stereocenters. The maximum absolute atomic E-state index is 11.8. The molecule has 0 aromatic heterocycles. The second-order valence-electron chi connectivity index (χ2n) is 3.38. The number of carbonyl (C=O) groups is 2. The number of primary amides is 1. The molecule has 9 heteroatoms. The predicted octanol–water partition coefficient (Wildman–Crippen LogP) is -1.51. The first-order valence-corrected chi connectivity index (χ1v) is 4.68. The number of amides is 2. The molecule has 0 aromatic rings. The number of carbonyl (C=O) groups excluding carboxylic acids is 2. The summed E-state index contributed by atoms with van der Waals surface area (Å²) in [4.78, 5) is 21.5. The van der Waals surface area contributed by atoms with Crippen LogP contribution in [-0.4, -0.2) is 48.3 Å². The first kappa shape index (κ1) is 15.7. The summed E-state index contributed by atoms with van der Waals surface area (Å²) in [5.74, 6) is -1.88. The smallest absolute Gasteiger partial charge is 0.382 e. The van der Waals surface area contributed by atoms with Gasteiger partial charge in [0.15, 0.2) is 0 Å². The molecule has 2 atom stereocenters. The van der Waals surface area contributed by atoms with Gasteiger partial charge in [0.2, 0.25) is 11.8 Å². The van der Waals surface area contributed by atoms with Gasteiger partial charge in [0.25, 0.3) is 0 Å². The molecule has 0 fully saturated rings. The van der Waals surface area contributed by atoms with Crippen molar-refractivity contribution in [1.82, 2.24) is 10.6 Å². The summed E-state index contributed by atoms with van der Waals surface area (Å²) in [6.45, 7) is -0.453. The molecule has 0 aliphatic rings. The van der Waals surface area contributed by atoms with E-state index in [2.05, 4.69) is 5.32 Å². The van der Waals surface area contributed by atoms with Gasteiger partial charge in [-0.3, -0.25) is 9.59 Å². The second kappa shape index (κ2) is 6.40. The summed E-state index contributed by atoms with van der Waals surface area (Å²) in [5, 5.41) is 13.0. The Labute approximate surface area is 95.3 Å². The Kier molecular flexibility index (Phi) is 5.89. The van der Waals surface area contributed by atoms with Crippen molar-refractivity contribution in [2.45, 2.75) is 25.2 Å². The average molecular weight is 257 g/mol. The van der Waals surface area contributed by atoms with Crippen molar-refractivity contribution in [3.8, 4) is 0 Å². The van der Waals surface area contributed by atoms with Crippen molar-refractivity contribution in [3.05, 3.63) is 0 Å². The summed E-state index contributed by atoms with van der Waals surface area (Å²) in [6.07, 6.45) is -5.98. The third kappa shape index (κ3) is 7.53. The van der Waals surface area contributed by atoms with Gasteiger partial charge < -0.3 is 21.5 Å². The highest BCUT2D eigenvalue weighted by Crippen LogP contribution is 2.12. The van der Waals surface area contributed by atoms with Crippen LogP contribution in [0.15, 0.2) is 0 Å². The van der Waals surface area contributed by atoms with E-state index in [9.17, 15) is 22.8 Å². The van der Waals surface area contributed by atoms with E-state index < -0.39 is 36.7 Å². The van der Waals surface area contributed by atoms with Crippen LogP contribution in [0.1, 0.15) is 6.92 Å². The standard InChI is InChI=1S/C8H14F3N3O3/c1-4(13-2-5(15)6(12)16)7(17)14-3-8(9,10)11/h4-5,13,15H,2-3H2,1H3,(H2,12,16)(H,14,17). The van der Waals surface area contributed by atoms with Crippen LogP contribution in [0.25, 0.3) is 0 Å². The van der Waals surface area contributed by atoms with E-state index in [0.29, 0.717) is 0 Å². The van der Waals surface area contributed by atoms with E-state index in [1.54, 1.807) is 5.32 Å². The third-order valence-corrected chi connectivity index (χ3v) is 1.80. The number of halogens is 3. The van der Waals surface area contributed by atoms with Gasteiger partial charge in [-0.25, -0.2) is 0 Å². The maximum atomic E-state index is 11.8. The van der Waals surface area contributed by atoms with E-state index in [-0.39, 0.29) is 6.54 Å². The molecule has 0 saturated carbocycles. The number of nitrogens with two attached hydrogens (primary N) is 1. The number of alkyl halides is 3. The van der Waals surface area contributed by atoms with Gasteiger partial charge in [0.05, 0.1) is 6.04 Å². The fourth-order valence-corrected chi connectivity index (χ4v) is 0.822. The minimum Gasteiger partial charge on any atom is -0.382 e. The molecule has 5 N–H and O–H groups in total. The molecule has 0 aromatic carbocycles. The van der Waals surface area contributed by atoms with E-state index >= 15 is 0 Å². The first-order chi connectivity index (χ1) is 7.63. The number of aliphatic hydroxyl groups excluding tert-OH is 1. The zero-order chi connectivity index (χ0) is 13.6. The summed E-state index contributed by atoms with van der Waals surface area (Å²) in [6, 6.07) is -0.980. The number of aliphatic hydroxyl groups is 1. The first-order valence-electron chi connectivity index (χ1n) is 4.68. The fraction of sp³-hybridized carbons (Fsp3) is 0.750. The van der Waals surface area contributed by atoms with Crippen molar-refractivity contribution in [2.75, 3.05) is 13.1 Å². The van der Waals surface area contributed by atoms with Crippen LogP contribution in [0.4, 0.5) is 13.2 Å². The Morgan fingerprint density at radius 2 is 1.94 bits per heavy atom. The van der Waals surface area contributed by atoms with Crippen LogP contribution in [0.5, 0.6) is 0 Å². The topological polar surface area (TPSA) is 104 Å². The zero-order valence-corrected chi connectivity index (χ0v) is 9.04. The lowest BCUT2D eigenvalue weighted by Crippen LogP contribution is -2.48. The summed E-state index contributed by atoms with van der Waals surface area (Å²) < 4.78 is 35.3. The highest BCUT2D eigenvalue weighted by molar-refractivity contribution is 5.82. The average Bonchev–Trinajstić information content (AvgIpc) is 2.20. The Hall–Kier alpha value is -1.35. The van der Waals surface area contributed by atoms with Crippen LogP contribution in [0.3, 0.4) is 0 Å². The Morgan fingerprint density at radius 1 is 1.41 bits per heavy atom. The fourth-order valence-electron chi connectivity index (χ4n) is 0.822. The van der Waals surface area contributed by atoms with E-state index in [0.717, 1.165) is 0 Å². The number of nitrogens with one attached hydrogen (secondary N) is 2. The van der Waals surface area contributed by atoms with E-state index in [1.807, 2.05) is 0 Å². The van der Waals surface area contributed by atoms with Gasteiger partial charge in [0.1, 0.15) is 12.6 Å². The second-order valence-corrected chi connectivity index (χ2v) is 3.38. The van der Waals surface area contributed by atoms with Crippen molar-refractivity contribution in [2.24, 2.45) is 5.73 Å². The molecule has 0 heterocycles. The number of rotatable bonds is 6. The van der Waals surface area contributed by atoms with Crippen LogP contribution < -0.4 is 16.4 Å². The molecule has 2 amide bonds. The lowest BCUT2D eigenvalue weighted by molar-refractivity contribution is -0.139. The summed E-state index contributed by atoms with van der Waals surface area (Å²) in [5.41, 5.74) is 4.74. The predicted molar refractivity (Wildman–Crippen MR) is 51.7 cm³/mol. The van der Waals surface area contributed by atoms with Crippen molar-refractivity contribution in [3.63, 3.8) is 0 Å². The minimum absolute atomic E-state index is 0.310.